The molecule has 0 rings (SSSR count). The minimum atomic E-state index is -1.75. The molecular weight excluding hydrogens is 696 g/mol. The van der Waals surface area contributed by atoms with Crippen LogP contribution >= 0.6 is 0 Å². The molecule has 0 aliphatic carbocycles. The molecule has 0 saturated carbocycles. The second-order valence-corrected chi connectivity index (χ2v) is 12.0. The second-order valence-electron chi connectivity index (χ2n) is 12.0. The van der Waals surface area contributed by atoms with Crippen molar-refractivity contribution >= 4 is 53.3 Å². The van der Waals surface area contributed by atoms with Gasteiger partial charge in [0.25, 0.3) is 0 Å². The minimum Gasteiger partial charge on any atom is -0.481 e. The fourth-order valence-electron chi connectivity index (χ4n) is 4.25. The fourth-order valence-corrected chi connectivity index (χ4v) is 4.25. The largest absolute Gasteiger partial charge is 0.481 e. The molecule has 0 unspecified atom stereocenters. The Labute approximate surface area is 298 Å². The number of amides is 6. The molecule has 0 spiro atoms. The average Bonchev–Trinajstić information content (AvgIpc) is 3.07. The lowest BCUT2D eigenvalue weighted by atomic mass is 10.0. The summed E-state index contributed by atoms with van der Waals surface area (Å²) in [6.07, 6.45) is -0.957. The first kappa shape index (κ1) is 46.9. The molecule has 17 N–H and O–H groups in total. The number of aliphatic carboxylic acids is 2. The third-order valence-electron chi connectivity index (χ3n) is 7.10. The molecule has 0 radical (unpaired) electrons. The topological polar surface area (TPSA) is 400 Å². The predicted octanol–water partition coefficient (Wildman–Crippen LogP) is -6.73. The van der Waals surface area contributed by atoms with Crippen molar-refractivity contribution in [2.75, 3.05) is 26.4 Å². The van der Waals surface area contributed by atoms with Crippen LogP contribution in [0.3, 0.4) is 0 Å². The number of rotatable bonds is 25. The summed E-state index contributed by atoms with van der Waals surface area (Å²) in [5.41, 5.74) is 16.1. The maximum atomic E-state index is 13.3. The molecule has 52 heavy (non-hydrogen) atoms. The number of aliphatic hydroxyl groups excluding tert-OH is 3. The molecule has 0 aromatic carbocycles. The van der Waals surface area contributed by atoms with Crippen molar-refractivity contribution < 1.29 is 63.9 Å². The number of guanidine groups is 1. The Hall–Kier alpha value is -5.13. The molecule has 0 aromatic heterocycles. The van der Waals surface area contributed by atoms with E-state index >= 15 is 0 Å². The molecule has 0 aromatic rings. The molecule has 0 aliphatic heterocycles. The van der Waals surface area contributed by atoms with Crippen LogP contribution in [0.1, 0.15) is 52.9 Å². The molecule has 0 fully saturated rings. The van der Waals surface area contributed by atoms with E-state index in [9.17, 15) is 48.6 Å². The van der Waals surface area contributed by atoms with Gasteiger partial charge in [-0.1, -0.05) is 13.8 Å². The summed E-state index contributed by atoms with van der Waals surface area (Å²) in [6.45, 7) is 2.03. The van der Waals surface area contributed by atoms with E-state index in [-0.39, 0.29) is 37.7 Å². The fraction of sp³-hybridized carbons (Fsp3) is 0.690. The number of nitrogens with one attached hydrogen (secondary N) is 6. The summed E-state index contributed by atoms with van der Waals surface area (Å²) in [4.78, 5) is 104. The van der Waals surface area contributed by atoms with Crippen LogP contribution in [0.5, 0.6) is 0 Å². The lowest BCUT2D eigenvalue weighted by Crippen LogP contribution is -2.60. The Morgan fingerprint density at radius 1 is 0.596 bits per heavy atom. The number of aliphatic imine (C=N–C) groups is 1. The molecule has 23 nitrogen and oxygen atoms in total. The highest BCUT2D eigenvalue weighted by molar-refractivity contribution is 5.97. The number of carboxylic acid groups (broad SMARTS) is 2. The van der Waals surface area contributed by atoms with Gasteiger partial charge in [-0.25, -0.2) is 4.79 Å². The number of carboxylic acids is 2. The van der Waals surface area contributed by atoms with Gasteiger partial charge in [0, 0.05) is 13.0 Å². The van der Waals surface area contributed by atoms with Crippen LogP contribution in [0, 0.1) is 5.92 Å². The summed E-state index contributed by atoms with van der Waals surface area (Å²) in [6, 6.07) is -10.4. The lowest BCUT2D eigenvalue weighted by molar-refractivity contribution is -0.144. The van der Waals surface area contributed by atoms with E-state index in [2.05, 4.69) is 31.6 Å². The van der Waals surface area contributed by atoms with Crippen molar-refractivity contribution in [1.82, 2.24) is 31.9 Å². The first-order valence-corrected chi connectivity index (χ1v) is 16.2. The van der Waals surface area contributed by atoms with Gasteiger partial charge in [0.15, 0.2) is 5.96 Å². The summed E-state index contributed by atoms with van der Waals surface area (Å²) in [7, 11) is 0. The Morgan fingerprint density at radius 2 is 1.06 bits per heavy atom. The lowest BCUT2D eigenvalue weighted by Gasteiger charge is -2.26. The van der Waals surface area contributed by atoms with E-state index in [1.807, 2.05) is 5.32 Å². The SMILES string of the molecule is CC(C)C[C@H](NC(=O)[C@H](C)NC(=O)[C@H](CO)NC(=O)[C@H](CCCN=C(N)N)NC(=O)[C@@H](N)CO)C(=O)N[C@@H](CCC(=O)O)C(=O)N[C@@H](CO)C(=O)O. The maximum absolute atomic E-state index is 13.3. The minimum absolute atomic E-state index is 0.00848. The van der Waals surface area contributed by atoms with Crippen molar-refractivity contribution in [3.63, 3.8) is 0 Å². The number of nitrogens with two attached hydrogens (primary N) is 3. The van der Waals surface area contributed by atoms with E-state index in [4.69, 9.17) is 32.5 Å². The van der Waals surface area contributed by atoms with Crippen molar-refractivity contribution in [2.24, 2.45) is 28.1 Å². The van der Waals surface area contributed by atoms with Crippen LogP contribution in [-0.2, 0) is 38.4 Å². The summed E-state index contributed by atoms with van der Waals surface area (Å²) in [5.74, 6) is -9.18. The summed E-state index contributed by atoms with van der Waals surface area (Å²) < 4.78 is 0. The number of aliphatic hydroxyl groups is 3. The molecule has 7 atom stereocenters. The second kappa shape index (κ2) is 24.1. The first-order chi connectivity index (χ1) is 24.3. The van der Waals surface area contributed by atoms with Crippen LogP contribution in [0.2, 0.25) is 0 Å². The molecule has 23 heteroatoms. The van der Waals surface area contributed by atoms with Gasteiger partial charge in [-0.05, 0) is 38.5 Å². The normalized spacial score (nSPS) is 14.9. The van der Waals surface area contributed by atoms with Gasteiger partial charge >= 0.3 is 11.9 Å². The standard InChI is InChI=1S/C29H52N10O13/c1-13(2)9-18(26(49)36-17(6-7-21(43)44)25(48)39-20(12-42)28(51)52)37-22(45)14(3)34-27(50)19(11-41)38-24(47)16(5-4-8-33-29(31)32)35-23(46)15(30)10-40/h13-20,40-42H,4-12,30H2,1-3H3,(H,34,50)(H,35,46)(H,36,49)(H,37,45)(H,38,47)(H,39,48)(H,43,44)(H,51,52)(H4,31,32,33)/t14-,15-,16-,17-,18-,19-,20-/m0/s1. The highest BCUT2D eigenvalue weighted by Crippen LogP contribution is 2.08. The van der Waals surface area contributed by atoms with Crippen LogP contribution in [0.4, 0.5) is 0 Å². The number of carbonyl (C=O) groups is 8. The third kappa shape index (κ3) is 18.2. The Kier molecular flexibility index (Phi) is 21.7. The Balaban J connectivity index is 5.79. The van der Waals surface area contributed by atoms with E-state index in [0.717, 1.165) is 0 Å². The van der Waals surface area contributed by atoms with Gasteiger partial charge < -0.3 is 74.6 Å². The van der Waals surface area contributed by atoms with Crippen LogP contribution in [0.25, 0.3) is 0 Å². The smallest absolute Gasteiger partial charge is 0.328 e. The van der Waals surface area contributed by atoms with E-state index in [1.165, 1.54) is 6.92 Å². The highest BCUT2D eigenvalue weighted by Gasteiger charge is 2.33. The van der Waals surface area contributed by atoms with Crippen LogP contribution < -0.4 is 49.1 Å². The molecule has 0 aliphatic rings. The van der Waals surface area contributed by atoms with Gasteiger partial charge in [0.05, 0.1) is 19.8 Å². The Morgan fingerprint density at radius 3 is 1.54 bits per heavy atom. The Bertz CT molecular complexity index is 1280. The van der Waals surface area contributed by atoms with Crippen molar-refractivity contribution in [1.29, 1.82) is 0 Å². The molecular formula is C29H52N10O13. The van der Waals surface area contributed by atoms with Crippen molar-refractivity contribution in [3.05, 3.63) is 0 Å². The number of nitrogens with zero attached hydrogens (tertiary/aromatic N) is 1. The molecule has 0 bridgehead atoms. The first-order valence-electron chi connectivity index (χ1n) is 16.2. The van der Waals surface area contributed by atoms with Crippen LogP contribution in [0.15, 0.2) is 4.99 Å². The molecule has 0 saturated heterocycles. The molecule has 0 heterocycles. The van der Waals surface area contributed by atoms with E-state index in [1.54, 1.807) is 13.8 Å². The zero-order chi connectivity index (χ0) is 40.1. The number of carbonyl (C=O) groups excluding carboxylic acids is 6. The predicted molar refractivity (Wildman–Crippen MR) is 180 cm³/mol. The van der Waals surface area contributed by atoms with Crippen molar-refractivity contribution in [3.8, 4) is 0 Å². The quantitative estimate of drug-likeness (QED) is 0.0234. The summed E-state index contributed by atoms with van der Waals surface area (Å²) >= 11 is 0. The van der Waals surface area contributed by atoms with Crippen molar-refractivity contribution in [2.45, 2.75) is 95.2 Å². The maximum Gasteiger partial charge on any atom is 0.328 e. The summed E-state index contributed by atoms with van der Waals surface area (Å²) in [5, 5.41) is 60.0. The monoisotopic (exact) mass is 748 g/mol. The highest BCUT2D eigenvalue weighted by atomic mass is 16.4. The van der Waals surface area contributed by atoms with Gasteiger partial charge in [-0.15, -0.1) is 0 Å². The molecule has 296 valence electrons. The number of hydrogen-bond acceptors (Lipinski definition) is 13. The number of hydrogen-bond donors (Lipinski definition) is 14. The van der Waals surface area contributed by atoms with E-state index < -0.39 is 122 Å². The van der Waals surface area contributed by atoms with E-state index in [0.29, 0.717) is 0 Å². The van der Waals surface area contributed by atoms with Gasteiger partial charge in [0.1, 0.15) is 42.3 Å². The molecule has 6 amide bonds. The van der Waals surface area contributed by atoms with Gasteiger partial charge in [-0.2, -0.15) is 0 Å². The third-order valence-corrected chi connectivity index (χ3v) is 7.10. The zero-order valence-electron chi connectivity index (χ0n) is 29.2. The zero-order valence-corrected chi connectivity index (χ0v) is 29.2. The van der Waals surface area contributed by atoms with Gasteiger partial charge in [0.2, 0.25) is 35.4 Å². The average molecular weight is 749 g/mol. The van der Waals surface area contributed by atoms with Gasteiger partial charge in [-0.3, -0.25) is 38.6 Å². The van der Waals surface area contributed by atoms with Crippen LogP contribution in [-0.4, -0.2) is 148 Å².